The Bertz CT molecular complexity index is 1050. The Morgan fingerprint density at radius 2 is 1.97 bits per heavy atom. The van der Waals surface area contributed by atoms with Crippen LogP contribution in [0.1, 0.15) is 41.9 Å². The Morgan fingerprint density at radius 1 is 1.23 bits per heavy atom. The van der Waals surface area contributed by atoms with E-state index in [2.05, 4.69) is 24.1 Å². The van der Waals surface area contributed by atoms with Crippen LogP contribution in [0.4, 0.5) is 0 Å². The van der Waals surface area contributed by atoms with Crippen LogP contribution in [0.15, 0.2) is 29.2 Å². The summed E-state index contributed by atoms with van der Waals surface area (Å²) in [5.41, 5.74) is 1.33. The maximum absolute atomic E-state index is 12.7. The minimum Gasteiger partial charge on any atom is -0.351 e. The number of amides is 1. The van der Waals surface area contributed by atoms with Gasteiger partial charge in [-0.05, 0) is 55.0 Å². The van der Waals surface area contributed by atoms with Crippen molar-refractivity contribution >= 4 is 38.7 Å². The van der Waals surface area contributed by atoms with Crippen LogP contribution in [0, 0.1) is 11.8 Å². The van der Waals surface area contributed by atoms with Gasteiger partial charge in [-0.15, -0.1) is 11.3 Å². The highest BCUT2D eigenvalue weighted by Crippen LogP contribution is 2.43. The summed E-state index contributed by atoms with van der Waals surface area (Å²) in [4.78, 5) is 16.8. The number of carbonyl (C=O) groups is 1. The molecular formula is C22H27ClN2O3S2. The van der Waals surface area contributed by atoms with E-state index in [1.54, 1.807) is 18.2 Å². The van der Waals surface area contributed by atoms with Gasteiger partial charge in [0.1, 0.15) is 0 Å². The molecule has 162 valence electrons. The zero-order valence-electron chi connectivity index (χ0n) is 17.3. The van der Waals surface area contributed by atoms with Crippen molar-refractivity contribution in [2.75, 3.05) is 26.2 Å². The van der Waals surface area contributed by atoms with Gasteiger partial charge in [0.2, 0.25) is 0 Å². The molecule has 1 saturated heterocycles. The molecule has 0 spiro atoms. The van der Waals surface area contributed by atoms with Gasteiger partial charge in [0, 0.05) is 35.1 Å². The summed E-state index contributed by atoms with van der Waals surface area (Å²) in [5.74, 6) is 1.23. The number of carbonyl (C=O) groups excluding carboxylic acids is 1. The minimum absolute atomic E-state index is 0.0925. The average molecular weight is 467 g/mol. The summed E-state index contributed by atoms with van der Waals surface area (Å²) in [7, 11) is -3.45. The molecule has 1 amide bonds. The SMILES string of the molecule is C[C@H]1C[C@H](C)CN(CCCNC(=O)c2cc3c(s2)-c2ccc(Cl)cc2S(=O)(=O)C3)C1. The van der Waals surface area contributed by atoms with Crippen molar-refractivity contribution in [3.8, 4) is 10.4 Å². The van der Waals surface area contributed by atoms with Gasteiger partial charge in [-0.1, -0.05) is 31.5 Å². The first kappa shape index (κ1) is 21.8. The molecule has 1 N–H and O–H groups in total. The third-order valence-corrected chi connectivity index (χ3v) is 8.93. The number of halogens is 1. The van der Waals surface area contributed by atoms with Crippen molar-refractivity contribution in [1.82, 2.24) is 10.2 Å². The van der Waals surface area contributed by atoms with Crippen LogP contribution in [0.2, 0.25) is 5.02 Å². The quantitative estimate of drug-likeness (QED) is 0.661. The fourth-order valence-electron chi connectivity index (χ4n) is 4.67. The molecule has 1 aromatic carbocycles. The minimum atomic E-state index is -3.45. The molecule has 0 bridgehead atoms. The number of fused-ring (bicyclic) bond motifs is 3. The zero-order valence-corrected chi connectivity index (χ0v) is 19.7. The van der Waals surface area contributed by atoms with Crippen LogP contribution in [0.5, 0.6) is 0 Å². The van der Waals surface area contributed by atoms with E-state index in [0.29, 0.717) is 27.6 Å². The highest BCUT2D eigenvalue weighted by atomic mass is 35.5. The van der Waals surface area contributed by atoms with E-state index in [1.807, 2.05) is 0 Å². The number of likely N-dealkylation sites (tertiary alicyclic amines) is 1. The van der Waals surface area contributed by atoms with Gasteiger partial charge in [0.25, 0.3) is 5.91 Å². The normalized spacial score (nSPS) is 22.9. The fraction of sp³-hybridized carbons (Fsp3) is 0.500. The van der Waals surface area contributed by atoms with Crippen molar-refractivity contribution in [2.45, 2.75) is 37.3 Å². The molecule has 1 aromatic heterocycles. The summed E-state index contributed by atoms with van der Waals surface area (Å²) in [5, 5.41) is 3.39. The van der Waals surface area contributed by atoms with E-state index in [4.69, 9.17) is 11.6 Å². The monoisotopic (exact) mass is 466 g/mol. The van der Waals surface area contributed by atoms with Crippen molar-refractivity contribution in [2.24, 2.45) is 11.8 Å². The van der Waals surface area contributed by atoms with E-state index in [1.165, 1.54) is 23.8 Å². The maximum Gasteiger partial charge on any atom is 0.261 e. The Kier molecular flexibility index (Phi) is 6.26. The number of hydrogen-bond donors (Lipinski definition) is 1. The Hall–Kier alpha value is -1.41. The molecule has 1 fully saturated rings. The molecule has 0 unspecified atom stereocenters. The Labute approximate surface area is 187 Å². The third kappa shape index (κ3) is 4.59. The molecule has 4 rings (SSSR count). The lowest BCUT2D eigenvalue weighted by Gasteiger charge is -2.34. The summed E-state index contributed by atoms with van der Waals surface area (Å²) >= 11 is 7.35. The summed E-state index contributed by atoms with van der Waals surface area (Å²) in [6.45, 7) is 8.47. The van der Waals surface area contributed by atoms with Crippen molar-refractivity contribution in [1.29, 1.82) is 0 Å². The van der Waals surface area contributed by atoms with Crippen LogP contribution in [0.25, 0.3) is 10.4 Å². The first-order valence-corrected chi connectivity index (χ1v) is 13.2. The number of hydrogen-bond acceptors (Lipinski definition) is 5. The molecule has 5 nitrogen and oxygen atoms in total. The molecule has 0 saturated carbocycles. The van der Waals surface area contributed by atoms with Crippen molar-refractivity contribution < 1.29 is 13.2 Å². The highest BCUT2D eigenvalue weighted by Gasteiger charge is 2.31. The molecule has 2 aliphatic heterocycles. The van der Waals surface area contributed by atoms with E-state index >= 15 is 0 Å². The van der Waals surface area contributed by atoms with Gasteiger partial charge in [0.15, 0.2) is 9.84 Å². The van der Waals surface area contributed by atoms with Gasteiger partial charge in [-0.25, -0.2) is 8.42 Å². The smallest absolute Gasteiger partial charge is 0.261 e. The molecule has 8 heteroatoms. The Balaban J connectivity index is 1.39. The lowest BCUT2D eigenvalue weighted by atomic mass is 9.92. The molecule has 2 atom stereocenters. The molecule has 3 heterocycles. The first-order valence-electron chi connectivity index (χ1n) is 10.4. The second kappa shape index (κ2) is 8.61. The molecule has 0 aliphatic carbocycles. The number of piperidine rings is 1. The van der Waals surface area contributed by atoms with Gasteiger partial charge in [-0.3, -0.25) is 4.79 Å². The van der Waals surface area contributed by atoms with Crippen LogP contribution >= 0.6 is 22.9 Å². The summed E-state index contributed by atoms with van der Waals surface area (Å²) in [6.07, 6.45) is 2.20. The predicted octanol–water partition coefficient (Wildman–Crippen LogP) is 4.45. The molecule has 30 heavy (non-hydrogen) atoms. The fourth-order valence-corrected chi connectivity index (χ4v) is 7.80. The standard InChI is InChI=1S/C22H27ClN2O3S2/c1-14-8-15(2)12-25(11-14)7-3-6-24-22(26)19-9-16-13-30(27,28)20-10-17(23)4-5-18(20)21(16)29-19/h4-5,9-10,14-15H,3,6-8,11-13H2,1-2H3,(H,24,26)/t14-,15-/m0/s1. The number of nitrogens with zero attached hydrogens (tertiary/aromatic N) is 1. The van der Waals surface area contributed by atoms with Gasteiger partial charge in [0.05, 0.1) is 15.5 Å². The lowest BCUT2D eigenvalue weighted by molar-refractivity contribution is 0.0951. The van der Waals surface area contributed by atoms with Crippen molar-refractivity contribution in [3.63, 3.8) is 0 Å². The Morgan fingerprint density at radius 3 is 2.70 bits per heavy atom. The number of thiophene rings is 1. The second-order valence-electron chi connectivity index (χ2n) is 8.68. The van der Waals surface area contributed by atoms with E-state index in [9.17, 15) is 13.2 Å². The topological polar surface area (TPSA) is 66.5 Å². The lowest BCUT2D eigenvalue weighted by Crippen LogP contribution is -2.40. The third-order valence-electron chi connectivity index (χ3n) is 5.78. The number of rotatable bonds is 5. The number of nitrogens with one attached hydrogen (secondary N) is 1. The second-order valence-corrected chi connectivity index (χ2v) is 12.1. The van der Waals surface area contributed by atoms with Gasteiger partial charge < -0.3 is 10.2 Å². The highest BCUT2D eigenvalue weighted by molar-refractivity contribution is 7.91. The molecule has 2 aliphatic rings. The number of benzene rings is 1. The van der Waals surface area contributed by atoms with Crippen LogP contribution in [0.3, 0.4) is 0 Å². The maximum atomic E-state index is 12.7. The summed E-state index contributed by atoms with van der Waals surface area (Å²) in [6, 6.07) is 6.63. The number of sulfone groups is 1. The first-order chi connectivity index (χ1) is 14.2. The largest absolute Gasteiger partial charge is 0.351 e. The molecular weight excluding hydrogens is 440 g/mol. The van der Waals surface area contributed by atoms with Crippen molar-refractivity contribution in [3.05, 3.63) is 39.7 Å². The predicted molar refractivity (Wildman–Crippen MR) is 122 cm³/mol. The zero-order chi connectivity index (χ0) is 21.5. The van der Waals surface area contributed by atoms with Crippen LogP contribution in [-0.4, -0.2) is 45.4 Å². The van der Waals surface area contributed by atoms with Crippen LogP contribution in [-0.2, 0) is 15.6 Å². The van der Waals surface area contributed by atoms with E-state index in [-0.39, 0.29) is 16.6 Å². The van der Waals surface area contributed by atoms with Gasteiger partial charge in [-0.2, -0.15) is 0 Å². The van der Waals surface area contributed by atoms with Gasteiger partial charge >= 0.3 is 0 Å². The van der Waals surface area contributed by atoms with E-state index < -0.39 is 9.84 Å². The average Bonchev–Trinajstić information content (AvgIpc) is 3.07. The molecule has 0 radical (unpaired) electrons. The van der Waals surface area contributed by atoms with E-state index in [0.717, 1.165) is 42.8 Å². The summed E-state index contributed by atoms with van der Waals surface area (Å²) < 4.78 is 25.2. The molecule has 2 aromatic rings. The van der Waals surface area contributed by atoms with Crippen LogP contribution < -0.4 is 5.32 Å².